The minimum atomic E-state index is -1.20. The van der Waals surface area contributed by atoms with E-state index in [0.717, 1.165) is 0 Å². The average molecular weight is 256 g/mol. The standard InChI is InChI=1S/C11H20N4O3/c1-7(16)14-8(5-4-6-12)9(17)15-11(2,3)10(13)18/h4-6,12H2,1-3H3,(H2,13,18)(H,15,17). The van der Waals surface area contributed by atoms with Crippen molar-refractivity contribution in [3.8, 4) is 0 Å². The van der Waals surface area contributed by atoms with Gasteiger partial charge in [-0.2, -0.15) is 0 Å². The van der Waals surface area contributed by atoms with Gasteiger partial charge < -0.3 is 16.8 Å². The van der Waals surface area contributed by atoms with Gasteiger partial charge >= 0.3 is 0 Å². The molecule has 0 rings (SSSR count). The first kappa shape index (κ1) is 16.2. The summed E-state index contributed by atoms with van der Waals surface area (Å²) < 4.78 is 0. The van der Waals surface area contributed by atoms with Crippen molar-refractivity contribution >= 4 is 23.4 Å². The number of hydrogen-bond acceptors (Lipinski definition) is 4. The van der Waals surface area contributed by atoms with Crippen LogP contribution >= 0.6 is 0 Å². The molecular formula is C11H20N4O3. The Kier molecular flexibility index (Phi) is 6.18. The van der Waals surface area contributed by atoms with Crippen LogP contribution in [0.3, 0.4) is 0 Å². The van der Waals surface area contributed by atoms with E-state index in [0.29, 0.717) is 13.0 Å². The molecule has 0 atom stereocenters. The van der Waals surface area contributed by atoms with Gasteiger partial charge in [0, 0.05) is 6.92 Å². The molecule has 0 heterocycles. The first-order valence-corrected chi connectivity index (χ1v) is 5.61. The molecule has 0 aliphatic rings. The molecule has 3 amide bonds. The first-order valence-electron chi connectivity index (χ1n) is 5.61. The summed E-state index contributed by atoms with van der Waals surface area (Å²) in [4.78, 5) is 37.5. The van der Waals surface area contributed by atoms with Crippen molar-refractivity contribution in [3.05, 3.63) is 0 Å². The lowest BCUT2D eigenvalue weighted by Crippen LogP contribution is -2.54. The zero-order chi connectivity index (χ0) is 14.3. The van der Waals surface area contributed by atoms with Crippen molar-refractivity contribution in [1.82, 2.24) is 5.32 Å². The van der Waals surface area contributed by atoms with Crippen LogP contribution in [-0.4, -0.2) is 35.5 Å². The molecule has 0 aromatic heterocycles. The monoisotopic (exact) mass is 256 g/mol. The van der Waals surface area contributed by atoms with Crippen molar-refractivity contribution in [3.63, 3.8) is 0 Å². The van der Waals surface area contributed by atoms with E-state index < -0.39 is 23.3 Å². The van der Waals surface area contributed by atoms with E-state index in [4.69, 9.17) is 11.5 Å². The maximum absolute atomic E-state index is 11.9. The summed E-state index contributed by atoms with van der Waals surface area (Å²) >= 11 is 0. The van der Waals surface area contributed by atoms with Gasteiger partial charge in [0.2, 0.25) is 11.8 Å². The summed E-state index contributed by atoms with van der Waals surface area (Å²) in [5.74, 6) is -1.73. The zero-order valence-electron chi connectivity index (χ0n) is 10.9. The van der Waals surface area contributed by atoms with Crippen molar-refractivity contribution in [2.24, 2.45) is 16.5 Å². The van der Waals surface area contributed by atoms with Crippen LogP contribution in [0.15, 0.2) is 4.99 Å². The highest BCUT2D eigenvalue weighted by Crippen LogP contribution is 2.02. The van der Waals surface area contributed by atoms with Crippen LogP contribution in [0.5, 0.6) is 0 Å². The molecule has 0 aromatic carbocycles. The predicted molar refractivity (Wildman–Crippen MR) is 67.8 cm³/mol. The largest absolute Gasteiger partial charge is 0.368 e. The minimum absolute atomic E-state index is 0.0577. The molecular weight excluding hydrogens is 236 g/mol. The molecule has 0 aromatic rings. The fourth-order valence-corrected chi connectivity index (χ4v) is 1.10. The number of nitrogens with two attached hydrogens (primary N) is 2. The number of carbonyl (C=O) groups is 3. The van der Waals surface area contributed by atoms with E-state index in [9.17, 15) is 14.4 Å². The highest BCUT2D eigenvalue weighted by molar-refractivity contribution is 6.40. The number of amides is 3. The highest BCUT2D eigenvalue weighted by Gasteiger charge is 2.28. The number of rotatable bonds is 6. The fourth-order valence-electron chi connectivity index (χ4n) is 1.10. The molecule has 5 N–H and O–H groups in total. The summed E-state index contributed by atoms with van der Waals surface area (Å²) in [6.45, 7) is 4.57. The van der Waals surface area contributed by atoms with Gasteiger partial charge in [0.1, 0.15) is 11.3 Å². The summed E-state index contributed by atoms with van der Waals surface area (Å²) in [6, 6.07) is 0. The Hall–Kier alpha value is -1.76. The van der Waals surface area contributed by atoms with Crippen LogP contribution in [0.25, 0.3) is 0 Å². The molecule has 0 aliphatic carbocycles. The molecule has 7 heteroatoms. The van der Waals surface area contributed by atoms with E-state index in [1.54, 1.807) is 0 Å². The highest BCUT2D eigenvalue weighted by atomic mass is 16.2. The predicted octanol–water partition coefficient (Wildman–Crippen LogP) is -0.907. The first-order chi connectivity index (χ1) is 8.20. The SMILES string of the molecule is CC(=O)N=C(CCCN)C(=O)NC(C)(C)C(N)=O. The lowest BCUT2D eigenvalue weighted by atomic mass is 10.0. The second-order valence-electron chi connectivity index (χ2n) is 4.41. The summed E-state index contributed by atoms with van der Waals surface area (Å²) in [5.41, 5.74) is 9.34. The third kappa shape index (κ3) is 5.53. The zero-order valence-corrected chi connectivity index (χ0v) is 10.9. The molecule has 0 spiro atoms. The van der Waals surface area contributed by atoms with E-state index >= 15 is 0 Å². The quantitative estimate of drug-likeness (QED) is 0.531. The van der Waals surface area contributed by atoms with Gasteiger partial charge in [-0.3, -0.25) is 14.4 Å². The summed E-state index contributed by atoms with van der Waals surface area (Å²) in [5, 5.41) is 2.43. The molecule has 0 bridgehead atoms. The van der Waals surface area contributed by atoms with E-state index in [1.165, 1.54) is 20.8 Å². The maximum Gasteiger partial charge on any atom is 0.266 e. The Balaban J connectivity index is 4.87. The third-order valence-corrected chi connectivity index (χ3v) is 2.21. The smallest absolute Gasteiger partial charge is 0.266 e. The van der Waals surface area contributed by atoms with Gasteiger partial charge in [0.05, 0.1) is 0 Å². The molecule has 102 valence electrons. The van der Waals surface area contributed by atoms with Crippen LogP contribution in [0.4, 0.5) is 0 Å². The van der Waals surface area contributed by atoms with Crippen LogP contribution in [0.2, 0.25) is 0 Å². The topological polar surface area (TPSA) is 128 Å². The normalized spacial score (nSPS) is 12.1. The minimum Gasteiger partial charge on any atom is -0.368 e. The molecule has 0 fully saturated rings. The summed E-state index contributed by atoms with van der Waals surface area (Å²) in [7, 11) is 0. The molecule has 0 saturated heterocycles. The van der Waals surface area contributed by atoms with Gasteiger partial charge in [-0.05, 0) is 33.2 Å². The molecule has 0 aliphatic heterocycles. The molecule has 18 heavy (non-hydrogen) atoms. The second-order valence-corrected chi connectivity index (χ2v) is 4.41. The van der Waals surface area contributed by atoms with Gasteiger partial charge in [0.25, 0.3) is 5.91 Å². The number of nitrogens with zero attached hydrogens (tertiary/aromatic N) is 1. The van der Waals surface area contributed by atoms with Crippen LogP contribution in [0.1, 0.15) is 33.6 Å². The Morgan fingerprint density at radius 3 is 2.22 bits per heavy atom. The number of hydrogen-bond donors (Lipinski definition) is 3. The second kappa shape index (κ2) is 6.85. The van der Waals surface area contributed by atoms with Crippen molar-refractivity contribution in [2.75, 3.05) is 6.54 Å². The third-order valence-electron chi connectivity index (χ3n) is 2.21. The Labute approximate surface area is 106 Å². The van der Waals surface area contributed by atoms with Crippen LogP contribution in [-0.2, 0) is 14.4 Å². The van der Waals surface area contributed by atoms with Crippen LogP contribution < -0.4 is 16.8 Å². The van der Waals surface area contributed by atoms with E-state index in [1.807, 2.05) is 0 Å². The molecule has 0 unspecified atom stereocenters. The number of primary amides is 1. The molecule has 7 nitrogen and oxygen atoms in total. The van der Waals surface area contributed by atoms with Gasteiger partial charge in [-0.15, -0.1) is 0 Å². The Morgan fingerprint density at radius 1 is 1.28 bits per heavy atom. The Bertz CT molecular complexity index is 374. The number of nitrogens with one attached hydrogen (secondary N) is 1. The van der Waals surface area contributed by atoms with Gasteiger partial charge in [0.15, 0.2) is 0 Å². The number of aliphatic imine (C=N–C) groups is 1. The number of carbonyl (C=O) groups excluding carboxylic acids is 3. The summed E-state index contributed by atoms with van der Waals surface area (Å²) in [6.07, 6.45) is 0.799. The van der Waals surface area contributed by atoms with Crippen molar-refractivity contribution in [2.45, 2.75) is 39.2 Å². The molecule has 0 saturated carbocycles. The van der Waals surface area contributed by atoms with E-state index in [2.05, 4.69) is 10.3 Å². The Morgan fingerprint density at radius 2 is 1.83 bits per heavy atom. The van der Waals surface area contributed by atoms with E-state index in [-0.39, 0.29) is 12.1 Å². The average Bonchev–Trinajstić information content (AvgIpc) is 2.22. The lowest BCUT2D eigenvalue weighted by Gasteiger charge is -2.22. The maximum atomic E-state index is 11.9. The molecule has 0 radical (unpaired) electrons. The van der Waals surface area contributed by atoms with Crippen molar-refractivity contribution < 1.29 is 14.4 Å². The van der Waals surface area contributed by atoms with Crippen molar-refractivity contribution in [1.29, 1.82) is 0 Å². The van der Waals surface area contributed by atoms with Crippen LogP contribution in [0, 0.1) is 0 Å². The fraction of sp³-hybridized carbons (Fsp3) is 0.636. The van der Waals surface area contributed by atoms with Gasteiger partial charge in [-0.25, -0.2) is 4.99 Å². The van der Waals surface area contributed by atoms with Gasteiger partial charge in [-0.1, -0.05) is 0 Å². The lowest BCUT2D eigenvalue weighted by molar-refractivity contribution is -0.127.